The average molecular weight is 660 g/mol. The topological polar surface area (TPSA) is 161 Å². The maximum absolute atomic E-state index is 14.1. The average Bonchev–Trinajstić information content (AvgIpc) is 3.20. The maximum Gasteiger partial charge on any atom is 0.272 e. The van der Waals surface area contributed by atoms with E-state index in [4.69, 9.17) is 5.73 Å². The molecule has 0 aliphatic carbocycles. The molecular weight excluding hydrogens is 622 g/mol. The molecule has 2 aromatic rings. The number of carbonyl (C=O) groups excluding carboxylic acids is 3. The first-order chi connectivity index (χ1) is 20.8. The van der Waals surface area contributed by atoms with Crippen molar-refractivity contribution >= 4 is 38.6 Å². The van der Waals surface area contributed by atoms with Crippen molar-refractivity contribution < 1.29 is 54.4 Å². The van der Waals surface area contributed by atoms with Crippen LogP contribution in [0.4, 0.5) is 0 Å². The summed E-state index contributed by atoms with van der Waals surface area (Å²) in [6.45, 7) is 9.82. The standard InChI is InChI=1S/C31H37N5O7S.ClH/c1-18-23(29(31(40)41)34-28(18)26(19(2)37)30(34)39)15-33-14-20-4-3-5-22-21(6-7-24(27(20)22)44(33,42)43)16-35-8-11-36(12-9-35,13-10-35)17-25(32)38;/h3-7,18-19,26,28,37H,8-17H2,1-2H3,(H-2,32,38,40,41);1H/t18-,19+,26+,28+,35?,36?;/m0./s1. The molecule has 14 heteroatoms. The molecule has 8 rings (SSSR count). The minimum Gasteiger partial charge on any atom is -1.00 e. The smallest absolute Gasteiger partial charge is 0.272 e. The second kappa shape index (κ2) is 10.7. The second-order valence-electron chi connectivity index (χ2n) is 13.6. The van der Waals surface area contributed by atoms with Gasteiger partial charge in [0.05, 0.1) is 34.6 Å². The van der Waals surface area contributed by atoms with Gasteiger partial charge in [0.2, 0.25) is 15.9 Å². The number of carboxylic acids is 1. The summed E-state index contributed by atoms with van der Waals surface area (Å²) in [6.07, 6.45) is -0.955. The Hall–Kier alpha value is -3.07. The zero-order chi connectivity index (χ0) is 31.3. The van der Waals surface area contributed by atoms with Gasteiger partial charge in [-0.2, -0.15) is 4.31 Å². The molecule has 4 fully saturated rings. The van der Waals surface area contributed by atoms with Gasteiger partial charge in [0.15, 0.2) is 6.54 Å². The van der Waals surface area contributed by atoms with Gasteiger partial charge in [-0.05, 0) is 29.5 Å². The molecule has 3 N–H and O–H groups in total. The molecule has 6 aliphatic heterocycles. The van der Waals surface area contributed by atoms with Crippen molar-refractivity contribution in [2.75, 3.05) is 52.4 Å². The molecule has 0 unspecified atom stereocenters. The largest absolute Gasteiger partial charge is 1.00 e. The number of sulfonamides is 1. The van der Waals surface area contributed by atoms with Crippen LogP contribution in [0.2, 0.25) is 0 Å². The molecule has 4 saturated heterocycles. The van der Waals surface area contributed by atoms with Crippen LogP contribution in [0.5, 0.6) is 0 Å². The number of rotatable bonds is 8. The number of primary amides is 1. The summed E-state index contributed by atoms with van der Waals surface area (Å²) in [7, 11) is -4.01. The summed E-state index contributed by atoms with van der Waals surface area (Å²) >= 11 is 0. The number of quaternary nitrogens is 2. The maximum atomic E-state index is 14.1. The third-order valence-electron chi connectivity index (χ3n) is 11.1. The number of halogens is 1. The van der Waals surface area contributed by atoms with E-state index < -0.39 is 45.9 Å². The van der Waals surface area contributed by atoms with Crippen LogP contribution < -0.4 is 23.2 Å². The molecular formula is C31H38ClN5O7S. The van der Waals surface area contributed by atoms with Crippen LogP contribution in [-0.2, 0) is 37.5 Å². The first-order valence-corrected chi connectivity index (χ1v) is 16.7. The second-order valence-corrected chi connectivity index (χ2v) is 15.5. The number of aliphatic hydroxyl groups excluding tert-OH is 1. The number of piperazine rings is 3. The lowest BCUT2D eigenvalue weighted by Gasteiger charge is -2.55. The third-order valence-corrected chi connectivity index (χ3v) is 13.0. The molecule has 0 saturated carbocycles. The fourth-order valence-corrected chi connectivity index (χ4v) is 10.3. The van der Waals surface area contributed by atoms with Crippen molar-refractivity contribution in [1.82, 2.24) is 9.21 Å². The highest BCUT2D eigenvalue weighted by atomic mass is 35.5. The van der Waals surface area contributed by atoms with Gasteiger partial charge in [-0.25, -0.2) is 8.42 Å². The zero-order valence-corrected chi connectivity index (χ0v) is 26.9. The lowest BCUT2D eigenvalue weighted by Crippen LogP contribution is -3.00. The quantitative estimate of drug-likeness (QED) is 0.215. The number of nitrogens with zero attached hydrogens (tertiary/aromatic N) is 4. The van der Waals surface area contributed by atoms with E-state index in [1.807, 2.05) is 24.3 Å². The van der Waals surface area contributed by atoms with Crippen LogP contribution in [0.3, 0.4) is 0 Å². The normalized spacial score (nSPS) is 32.2. The summed E-state index contributed by atoms with van der Waals surface area (Å²) in [5.74, 6) is -3.48. The number of hydrogen-bond acceptors (Lipinski definition) is 7. The van der Waals surface area contributed by atoms with Crippen LogP contribution in [0.1, 0.15) is 25.0 Å². The van der Waals surface area contributed by atoms with E-state index in [9.17, 15) is 33.0 Å². The minimum absolute atomic E-state index is 0. The van der Waals surface area contributed by atoms with Crippen LogP contribution in [0.25, 0.3) is 10.8 Å². The van der Waals surface area contributed by atoms with Crippen LogP contribution in [0, 0.1) is 11.8 Å². The van der Waals surface area contributed by atoms with Gasteiger partial charge >= 0.3 is 0 Å². The van der Waals surface area contributed by atoms with E-state index in [0.717, 1.165) is 76.2 Å². The van der Waals surface area contributed by atoms with Gasteiger partial charge in [-0.1, -0.05) is 31.2 Å². The van der Waals surface area contributed by atoms with Crippen molar-refractivity contribution in [3.05, 3.63) is 52.7 Å². The summed E-state index contributed by atoms with van der Waals surface area (Å²) in [5, 5.41) is 24.0. The van der Waals surface area contributed by atoms with Crippen molar-refractivity contribution in [1.29, 1.82) is 0 Å². The fourth-order valence-electron chi connectivity index (χ4n) is 8.69. The van der Waals surface area contributed by atoms with E-state index in [0.29, 0.717) is 17.5 Å². The molecule has 12 nitrogen and oxygen atoms in total. The van der Waals surface area contributed by atoms with Crippen molar-refractivity contribution in [2.45, 2.75) is 44.0 Å². The van der Waals surface area contributed by atoms with Gasteiger partial charge < -0.3 is 47.0 Å². The van der Waals surface area contributed by atoms with Gasteiger partial charge in [0, 0.05) is 30.0 Å². The number of amides is 2. The molecule has 45 heavy (non-hydrogen) atoms. The van der Waals surface area contributed by atoms with Crippen molar-refractivity contribution in [3.8, 4) is 0 Å². The monoisotopic (exact) mass is 659 g/mol. The van der Waals surface area contributed by atoms with E-state index >= 15 is 0 Å². The predicted octanol–water partition coefficient (Wildman–Crippen LogP) is -4.14. The lowest BCUT2D eigenvalue weighted by molar-refractivity contribution is -1.08. The number of nitrogens with two attached hydrogens (primary N) is 1. The van der Waals surface area contributed by atoms with Gasteiger partial charge in [0.25, 0.3) is 5.91 Å². The lowest BCUT2D eigenvalue weighted by atomic mass is 9.78. The van der Waals surface area contributed by atoms with E-state index in [1.165, 1.54) is 11.2 Å². The SMILES string of the molecule is C[C@@H](O)[C@H]1C(=O)N2C(C(=O)[O-])=C(CN3Cc4cccc5c(C[N+]67CC[N+](CC(N)=O)(CC6)CC7)ccc(c45)S3(=O)=O)[C@H](C)[C@H]12.[Cl-]. The molecule has 4 atom stereocenters. The number of hydrogen-bond donors (Lipinski definition) is 2. The summed E-state index contributed by atoms with van der Waals surface area (Å²) in [6, 6.07) is 8.86. The van der Waals surface area contributed by atoms with Crippen molar-refractivity contribution in [2.24, 2.45) is 17.6 Å². The number of β-lactam (4-membered cyclic amide) rings is 1. The molecule has 242 valence electrons. The molecule has 2 aromatic carbocycles. The van der Waals surface area contributed by atoms with E-state index in [2.05, 4.69) is 0 Å². The Labute approximate surface area is 268 Å². The van der Waals surface area contributed by atoms with Gasteiger partial charge in [0.1, 0.15) is 45.8 Å². The first-order valence-electron chi connectivity index (χ1n) is 15.3. The summed E-state index contributed by atoms with van der Waals surface area (Å²) < 4.78 is 31.2. The Bertz CT molecular complexity index is 1750. The van der Waals surface area contributed by atoms with Crippen molar-refractivity contribution in [3.63, 3.8) is 0 Å². The Morgan fingerprint density at radius 1 is 1.09 bits per heavy atom. The van der Waals surface area contributed by atoms with Crippen LogP contribution in [-0.4, -0.2) is 114 Å². The Balaban J connectivity index is 0.00000357. The molecule has 0 spiro atoms. The zero-order valence-electron chi connectivity index (χ0n) is 25.3. The van der Waals surface area contributed by atoms with E-state index in [1.54, 1.807) is 13.0 Å². The first kappa shape index (κ1) is 31.9. The number of benzene rings is 2. The molecule has 6 heterocycles. The molecule has 0 aromatic heterocycles. The summed E-state index contributed by atoms with van der Waals surface area (Å²) in [4.78, 5) is 38.0. The molecule has 2 bridgehead atoms. The summed E-state index contributed by atoms with van der Waals surface area (Å²) in [5.41, 5.74) is 7.50. The number of aliphatic carboxylic acids is 1. The van der Waals surface area contributed by atoms with Gasteiger partial charge in [-0.15, -0.1) is 0 Å². The minimum atomic E-state index is -4.01. The Kier molecular flexibility index (Phi) is 7.62. The van der Waals surface area contributed by atoms with E-state index in [-0.39, 0.29) is 42.0 Å². The molecule has 6 aliphatic rings. The highest BCUT2D eigenvalue weighted by Crippen LogP contribution is 2.48. The Morgan fingerprint density at radius 3 is 2.33 bits per heavy atom. The number of carboxylic acid groups (broad SMARTS) is 1. The third kappa shape index (κ3) is 4.70. The molecule has 0 radical (unpaired) electrons. The number of carbonyl (C=O) groups is 3. The van der Waals surface area contributed by atoms with Crippen LogP contribution >= 0.6 is 0 Å². The van der Waals surface area contributed by atoms with Gasteiger partial charge in [-0.3, -0.25) is 9.59 Å². The Morgan fingerprint density at radius 2 is 1.73 bits per heavy atom. The highest BCUT2D eigenvalue weighted by Gasteiger charge is 2.59. The highest BCUT2D eigenvalue weighted by molar-refractivity contribution is 7.89. The molecule has 2 amide bonds. The number of aliphatic hydroxyl groups is 1. The fraction of sp³-hybridized carbons (Fsp3) is 0.516. The van der Waals surface area contributed by atoms with Crippen LogP contribution in [0.15, 0.2) is 46.5 Å². The predicted molar refractivity (Wildman–Crippen MR) is 156 cm³/mol. The number of fused-ring (bicyclic) bond motifs is 4.